The van der Waals surface area contributed by atoms with Crippen molar-refractivity contribution in [2.45, 2.75) is 13.8 Å². The number of benzene rings is 3. The minimum absolute atomic E-state index is 0.179. The van der Waals surface area contributed by atoms with Gasteiger partial charge in [0.1, 0.15) is 17.4 Å². The fourth-order valence-electron chi connectivity index (χ4n) is 2.89. The Hall–Kier alpha value is -4.77. The first-order chi connectivity index (χ1) is 15.8. The van der Waals surface area contributed by atoms with Crippen molar-refractivity contribution in [1.29, 1.82) is 5.26 Å². The van der Waals surface area contributed by atoms with Crippen molar-refractivity contribution in [3.63, 3.8) is 0 Å². The summed E-state index contributed by atoms with van der Waals surface area (Å²) in [5.74, 6) is -1.000. The fourth-order valence-corrected chi connectivity index (χ4v) is 2.89. The second kappa shape index (κ2) is 10.0. The highest BCUT2D eigenvalue weighted by atomic mass is 16.6. The molecule has 3 aromatic rings. The predicted octanol–water partition coefficient (Wildman–Crippen LogP) is 4.98. The highest BCUT2D eigenvalue weighted by Gasteiger charge is 2.15. The minimum Gasteiger partial charge on any atom is -0.423 e. The van der Waals surface area contributed by atoms with Crippen LogP contribution in [0.25, 0.3) is 6.08 Å². The smallest absolute Gasteiger partial charge is 0.343 e. The number of esters is 1. The van der Waals surface area contributed by atoms with Crippen molar-refractivity contribution in [2.75, 3.05) is 5.32 Å². The molecule has 0 bridgehead atoms. The second-order valence-electron chi connectivity index (χ2n) is 7.21. The van der Waals surface area contributed by atoms with E-state index in [0.717, 1.165) is 5.56 Å². The highest BCUT2D eigenvalue weighted by molar-refractivity contribution is 6.10. The van der Waals surface area contributed by atoms with Crippen molar-refractivity contribution in [3.05, 3.63) is 105 Å². The monoisotopic (exact) mass is 441 g/mol. The number of rotatable bonds is 6. The molecule has 33 heavy (non-hydrogen) atoms. The number of hydrogen-bond donors (Lipinski definition) is 1. The van der Waals surface area contributed by atoms with Gasteiger partial charge in [0.05, 0.1) is 16.2 Å². The van der Waals surface area contributed by atoms with Gasteiger partial charge in [-0.15, -0.1) is 0 Å². The second-order valence-corrected chi connectivity index (χ2v) is 7.21. The third kappa shape index (κ3) is 5.89. The Bertz CT molecular complexity index is 1300. The molecule has 1 N–H and O–H groups in total. The average molecular weight is 441 g/mol. The summed E-state index contributed by atoms with van der Waals surface area (Å²) < 4.78 is 5.39. The van der Waals surface area contributed by atoms with Crippen LogP contribution >= 0.6 is 0 Å². The number of carbonyl (C=O) groups is 2. The van der Waals surface area contributed by atoms with Gasteiger partial charge in [-0.3, -0.25) is 14.9 Å². The molecule has 8 heteroatoms. The standard InChI is InChI=1S/C25H19N3O5/c1-16-6-9-19(10-7-16)25(30)33-22-5-3-4-18(13-22)12-20(15-26)24(29)27-23-14-21(28(31)32)11-8-17(23)2/h3-14H,1-2H3,(H,27,29)/b20-12+. The van der Waals surface area contributed by atoms with Gasteiger partial charge in [0, 0.05) is 12.1 Å². The number of carbonyl (C=O) groups excluding carboxylic acids is 2. The Morgan fingerprint density at radius 1 is 1.06 bits per heavy atom. The summed E-state index contributed by atoms with van der Waals surface area (Å²) >= 11 is 0. The van der Waals surface area contributed by atoms with Crippen LogP contribution in [-0.4, -0.2) is 16.8 Å². The van der Waals surface area contributed by atoms with Crippen molar-refractivity contribution in [1.82, 2.24) is 0 Å². The lowest BCUT2D eigenvalue weighted by Crippen LogP contribution is -2.14. The first-order valence-electron chi connectivity index (χ1n) is 9.84. The Kier molecular flexibility index (Phi) is 6.96. The lowest BCUT2D eigenvalue weighted by Gasteiger charge is -2.08. The molecule has 0 saturated carbocycles. The van der Waals surface area contributed by atoms with Crippen molar-refractivity contribution >= 4 is 29.3 Å². The highest BCUT2D eigenvalue weighted by Crippen LogP contribution is 2.23. The van der Waals surface area contributed by atoms with E-state index in [-0.39, 0.29) is 22.7 Å². The van der Waals surface area contributed by atoms with E-state index in [1.807, 2.05) is 13.0 Å². The van der Waals surface area contributed by atoms with Crippen LogP contribution in [0.4, 0.5) is 11.4 Å². The van der Waals surface area contributed by atoms with Crippen molar-refractivity contribution in [2.24, 2.45) is 0 Å². The number of aryl methyl sites for hydroxylation is 2. The zero-order valence-corrected chi connectivity index (χ0v) is 17.9. The number of nitriles is 1. The van der Waals surface area contributed by atoms with Crippen LogP contribution in [-0.2, 0) is 4.79 Å². The molecule has 0 fully saturated rings. The molecule has 8 nitrogen and oxygen atoms in total. The van der Waals surface area contributed by atoms with Gasteiger partial charge in [-0.2, -0.15) is 5.26 Å². The van der Waals surface area contributed by atoms with Gasteiger partial charge >= 0.3 is 5.97 Å². The molecule has 0 saturated heterocycles. The van der Waals surface area contributed by atoms with Crippen molar-refractivity contribution in [3.8, 4) is 11.8 Å². The Labute approximate surface area is 189 Å². The van der Waals surface area contributed by atoms with E-state index in [2.05, 4.69) is 5.32 Å². The summed E-state index contributed by atoms with van der Waals surface area (Å²) in [7, 11) is 0. The summed E-state index contributed by atoms with van der Waals surface area (Å²) in [5, 5.41) is 23.0. The molecule has 0 radical (unpaired) electrons. The molecule has 0 aliphatic heterocycles. The molecular formula is C25H19N3O5. The zero-order valence-electron chi connectivity index (χ0n) is 17.9. The summed E-state index contributed by atoms with van der Waals surface area (Å²) in [6.07, 6.45) is 1.34. The molecule has 3 aromatic carbocycles. The molecule has 0 aliphatic rings. The number of nitrogens with one attached hydrogen (secondary N) is 1. The summed E-state index contributed by atoms with van der Waals surface area (Å²) in [5.41, 5.74) is 2.32. The lowest BCUT2D eigenvalue weighted by atomic mass is 10.1. The van der Waals surface area contributed by atoms with Crippen LogP contribution in [0, 0.1) is 35.3 Å². The lowest BCUT2D eigenvalue weighted by molar-refractivity contribution is -0.384. The van der Waals surface area contributed by atoms with Crippen LogP contribution < -0.4 is 10.1 Å². The fraction of sp³-hybridized carbons (Fsp3) is 0.0800. The predicted molar refractivity (Wildman–Crippen MR) is 123 cm³/mol. The van der Waals surface area contributed by atoms with Gasteiger partial charge in [0.15, 0.2) is 0 Å². The Morgan fingerprint density at radius 2 is 1.79 bits per heavy atom. The van der Waals surface area contributed by atoms with E-state index < -0.39 is 16.8 Å². The van der Waals surface area contributed by atoms with Crippen LogP contribution in [0.1, 0.15) is 27.0 Å². The third-order valence-corrected chi connectivity index (χ3v) is 4.71. The first kappa shape index (κ1) is 22.9. The third-order valence-electron chi connectivity index (χ3n) is 4.71. The van der Waals surface area contributed by atoms with Crippen LogP contribution in [0.15, 0.2) is 72.3 Å². The largest absolute Gasteiger partial charge is 0.423 e. The van der Waals surface area contributed by atoms with E-state index in [0.29, 0.717) is 16.7 Å². The summed E-state index contributed by atoms with van der Waals surface area (Å²) in [6, 6.07) is 19.2. The number of nitro groups is 1. The number of hydrogen-bond acceptors (Lipinski definition) is 6. The van der Waals surface area contributed by atoms with Crippen LogP contribution in [0.3, 0.4) is 0 Å². The van der Waals surface area contributed by atoms with Gasteiger partial charge in [-0.1, -0.05) is 35.9 Å². The maximum Gasteiger partial charge on any atom is 0.343 e. The van der Waals surface area contributed by atoms with E-state index >= 15 is 0 Å². The van der Waals surface area contributed by atoms with Gasteiger partial charge in [0.25, 0.3) is 11.6 Å². The SMILES string of the molecule is Cc1ccc(C(=O)Oc2cccc(/C=C(\C#N)C(=O)Nc3cc([N+](=O)[O-])ccc3C)c2)cc1. The molecule has 0 spiro atoms. The quantitative estimate of drug-likeness (QED) is 0.144. The minimum atomic E-state index is -0.719. The van der Waals surface area contributed by atoms with E-state index in [9.17, 15) is 25.0 Å². The average Bonchev–Trinajstić information content (AvgIpc) is 2.79. The number of nitro benzene ring substituents is 1. The Morgan fingerprint density at radius 3 is 2.45 bits per heavy atom. The van der Waals surface area contributed by atoms with E-state index in [1.165, 1.54) is 30.3 Å². The molecule has 1 amide bonds. The van der Waals surface area contributed by atoms with Gasteiger partial charge in [0.2, 0.25) is 0 Å². The molecule has 0 aromatic heterocycles. The molecule has 3 rings (SSSR count). The van der Waals surface area contributed by atoms with Crippen LogP contribution in [0.2, 0.25) is 0 Å². The molecule has 0 atom stereocenters. The first-order valence-corrected chi connectivity index (χ1v) is 9.84. The number of amides is 1. The normalized spacial score (nSPS) is 10.8. The molecule has 0 unspecified atom stereocenters. The van der Waals surface area contributed by atoms with Gasteiger partial charge in [-0.25, -0.2) is 4.79 Å². The molecule has 0 aliphatic carbocycles. The van der Waals surface area contributed by atoms with Gasteiger partial charge in [-0.05, 0) is 55.3 Å². The summed E-state index contributed by atoms with van der Waals surface area (Å²) in [4.78, 5) is 35.3. The number of anilines is 1. The number of ether oxygens (including phenoxy) is 1. The molecular weight excluding hydrogens is 422 g/mol. The molecule has 0 heterocycles. The maximum absolute atomic E-state index is 12.6. The zero-order chi connectivity index (χ0) is 24.0. The van der Waals surface area contributed by atoms with Crippen molar-refractivity contribution < 1.29 is 19.2 Å². The number of nitrogens with zero attached hydrogens (tertiary/aromatic N) is 2. The van der Waals surface area contributed by atoms with Crippen LogP contribution in [0.5, 0.6) is 5.75 Å². The van der Waals surface area contributed by atoms with Gasteiger partial charge < -0.3 is 10.1 Å². The summed E-state index contributed by atoms with van der Waals surface area (Å²) in [6.45, 7) is 3.59. The van der Waals surface area contributed by atoms with E-state index in [1.54, 1.807) is 49.4 Å². The topological polar surface area (TPSA) is 122 Å². The molecule has 164 valence electrons. The maximum atomic E-state index is 12.6. The Balaban J connectivity index is 1.78. The number of non-ortho nitro benzene ring substituents is 1. The van der Waals surface area contributed by atoms with E-state index in [4.69, 9.17) is 4.74 Å².